The van der Waals surface area contributed by atoms with Crippen LogP contribution in [0, 0.1) is 10.8 Å². The summed E-state index contributed by atoms with van der Waals surface area (Å²) in [5, 5.41) is 0. The highest BCUT2D eigenvalue weighted by atomic mass is 32.2. The molecule has 1 aliphatic rings. The molecule has 0 radical (unpaired) electrons. The minimum atomic E-state index is -3.30. The lowest BCUT2D eigenvalue weighted by atomic mass is 9.76. The molecule has 1 rings (SSSR count). The van der Waals surface area contributed by atoms with Gasteiger partial charge in [-0.05, 0) is 22.0 Å². The van der Waals surface area contributed by atoms with Crippen LogP contribution in [0.1, 0.15) is 41.5 Å². The van der Waals surface area contributed by atoms with Gasteiger partial charge in [-0.2, -0.15) is 4.40 Å². The van der Waals surface area contributed by atoms with E-state index >= 15 is 0 Å². The fraction of sp³-hybridized carbons (Fsp3) is 0.750. The summed E-state index contributed by atoms with van der Waals surface area (Å²) in [5.41, 5.74) is 1.83. The first-order valence-electron chi connectivity index (χ1n) is 5.46. The Morgan fingerprint density at radius 1 is 1.06 bits per heavy atom. The molecule has 1 heterocycles. The van der Waals surface area contributed by atoms with E-state index in [1.807, 2.05) is 20.8 Å². The summed E-state index contributed by atoms with van der Waals surface area (Å²) in [4.78, 5) is 0. The molecular formula is C12H21NO2S. The summed E-state index contributed by atoms with van der Waals surface area (Å²) in [6.45, 7) is 12.4. The minimum absolute atomic E-state index is 0.0552. The van der Waals surface area contributed by atoms with Crippen molar-refractivity contribution < 1.29 is 8.42 Å². The maximum Gasteiger partial charge on any atom is 0.256 e. The van der Waals surface area contributed by atoms with Gasteiger partial charge < -0.3 is 0 Å². The molecule has 0 aromatic rings. The molecule has 16 heavy (non-hydrogen) atoms. The Balaban J connectivity index is 3.40. The third-order valence-electron chi connectivity index (χ3n) is 2.71. The van der Waals surface area contributed by atoms with Crippen molar-refractivity contribution in [3.8, 4) is 0 Å². The lowest BCUT2D eigenvalue weighted by Crippen LogP contribution is -2.28. The van der Waals surface area contributed by atoms with E-state index < -0.39 is 10.0 Å². The van der Waals surface area contributed by atoms with Gasteiger partial charge in [-0.25, -0.2) is 8.42 Å². The number of allylic oxidation sites excluding steroid dienone is 1. The average molecular weight is 243 g/mol. The standard InChI is InChI=1S/C12H21NO2S/c1-11(2,3)9-7-13-16(14,15)8-10(9)12(4,5)6/h7H,8H2,1-6H3. The first-order valence-corrected chi connectivity index (χ1v) is 7.06. The highest BCUT2D eigenvalue weighted by molar-refractivity contribution is 7.90. The molecular weight excluding hydrogens is 222 g/mol. The number of rotatable bonds is 0. The zero-order valence-electron chi connectivity index (χ0n) is 11.0. The Bertz CT molecular complexity index is 442. The summed E-state index contributed by atoms with van der Waals surface area (Å²) in [6, 6.07) is 0. The first-order chi connectivity index (χ1) is 6.93. The predicted octanol–water partition coefficient (Wildman–Crippen LogP) is 2.79. The van der Waals surface area contributed by atoms with Crippen molar-refractivity contribution in [2.75, 3.05) is 5.75 Å². The molecule has 0 saturated heterocycles. The molecule has 0 unspecified atom stereocenters. The second-order valence-electron chi connectivity index (χ2n) is 6.35. The quantitative estimate of drug-likeness (QED) is 0.656. The molecule has 0 aromatic heterocycles. The van der Waals surface area contributed by atoms with Gasteiger partial charge in [-0.1, -0.05) is 41.5 Å². The molecule has 0 aromatic carbocycles. The summed E-state index contributed by atoms with van der Waals surface area (Å²) in [7, 11) is -3.30. The molecule has 92 valence electrons. The van der Waals surface area contributed by atoms with Crippen LogP contribution in [0.5, 0.6) is 0 Å². The van der Waals surface area contributed by atoms with Crippen LogP contribution in [0.15, 0.2) is 15.5 Å². The van der Waals surface area contributed by atoms with Gasteiger partial charge >= 0.3 is 0 Å². The van der Waals surface area contributed by atoms with Gasteiger partial charge in [0.1, 0.15) is 0 Å². The van der Waals surface area contributed by atoms with Crippen LogP contribution in [0.2, 0.25) is 0 Å². The molecule has 0 bridgehead atoms. The molecule has 4 heteroatoms. The van der Waals surface area contributed by atoms with Crippen LogP contribution in [0.3, 0.4) is 0 Å². The van der Waals surface area contributed by atoms with Gasteiger partial charge in [0.05, 0.1) is 5.75 Å². The first kappa shape index (κ1) is 13.4. The van der Waals surface area contributed by atoms with Crippen LogP contribution >= 0.6 is 0 Å². The van der Waals surface area contributed by atoms with Crippen molar-refractivity contribution in [3.63, 3.8) is 0 Å². The monoisotopic (exact) mass is 243 g/mol. The number of hydrogen-bond acceptors (Lipinski definition) is 2. The molecule has 0 amide bonds. The van der Waals surface area contributed by atoms with Crippen LogP contribution < -0.4 is 0 Å². The summed E-state index contributed by atoms with van der Waals surface area (Å²) >= 11 is 0. The van der Waals surface area contributed by atoms with Gasteiger partial charge in [0.25, 0.3) is 10.0 Å². The summed E-state index contributed by atoms with van der Waals surface area (Å²) < 4.78 is 26.8. The second kappa shape index (κ2) is 3.69. The zero-order valence-corrected chi connectivity index (χ0v) is 11.8. The van der Waals surface area contributed by atoms with E-state index in [1.54, 1.807) is 0 Å². The van der Waals surface area contributed by atoms with E-state index in [0.717, 1.165) is 11.1 Å². The molecule has 0 saturated carbocycles. The molecule has 3 nitrogen and oxygen atoms in total. The number of nitrogens with zero attached hydrogens (tertiary/aromatic N) is 1. The smallest absolute Gasteiger partial charge is 0.204 e. The normalized spacial score (nSPS) is 21.4. The molecule has 0 fully saturated rings. The molecule has 0 atom stereocenters. The Morgan fingerprint density at radius 3 is 1.94 bits per heavy atom. The van der Waals surface area contributed by atoms with Gasteiger partial charge in [0, 0.05) is 6.21 Å². The Hall–Kier alpha value is -0.640. The topological polar surface area (TPSA) is 46.5 Å². The highest BCUT2D eigenvalue weighted by Crippen LogP contribution is 2.38. The van der Waals surface area contributed by atoms with Crippen molar-refractivity contribution in [3.05, 3.63) is 11.1 Å². The van der Waals surface area contributed by atoms with Crippen LogP contribution in [0.25, 0.3) is 0 Å². The lowest BCUT2D eigenvalue weighted by Gasteiger charge is -2.32. The minimum Gasteiger partial charge on any atom is -0.204 e. The van der Waals surface area contributed by atoms with Gasteiger partial charge in [0.15, 0.2) is 0 Å². The lowest BCUT2D eigenvalue weighted by molar-refractivity contribution is 0.457. The maximum atomic E-state index is 11.5. The second-order valence-corrected chi connectivity index (χ2v) is 8.02. The van der Waals surface area contributed by atoms with Crippen molar-refractivity contribution in [2.45, 2.75) is 41.5 Å². The van der Waals surface area contributed by atoms with Crippen LogP contribution in [0.4, 0.5) is 0 Å². The van der Waals surface area contributed by atoms with E-state index in [9.17, 15) is 8.42 Å². The number of sulfonamides is 1. The molecule has 0 aliphatic carbocycles. The zero-order chi connectivity index (χ0) is 12.8. The fourth-order valence-electron chi connectivity index (χ4n) is 1.78. The van der Waals surface area contributed by atoms with E-state index in [-0.39, 0.29) is 16.6 Å². The largest absolute Gasteiger partial charge is 0.256 e. The van der Waals surface area contributed by atoms with Crippen molar-refractivity contribution in [2.24, 2.45) is 15.2 Å². The average Bonchev–Trinajstić information content (AvgIpc) is 1.97. The molecule has 1 aliphatic heterocycles. The van der Waals surface area contributed by atoms with E-state index in [2.05, 4.69) is 25.2 Å². The van der Waals surface area contributed by atoms with E-state index in [1.165, 1.54) is 6.21 Å². The van der Waals surface area contributed by atoms with Gasteiger partial charge in [-0.15, -0.1) is 0 Å². The third kappa shape index (κ3) is 2.94. The maximum absolute atomic E-state index is 11.5. The van der Waals surface area contributed by atoms with Gasteiger partial charge in [-0.3, -0.25) is 0 Å². The third-order valence-corrected chi connectivity index (χ3v) is 3.79. The van der Waals surface area contributed by atoms with Gasteiger partial charge in [0.2, 0.25) is 0 Å². The van der Waals surface area contributed by atoms with E-state index in [0.29, 0.717) is 0 Å². The fourth-order valence-corrected chi connectivity index (χ4v) is 3.07. The van der Waals surface area contributed by atoms with Crippen LogP contribution in [-0.4, -0.2) is 20.4 Å². The van der Waals surface area contributed by atoms with Crippen molar-refractivity contribution in [1.29, 1.82) is 0 Å². The Labute approximate surface area is 98.7 Å². The Kier molecular flexibility index (Phi) is 3.10. The molecule has 0 spiro atoms. The highest BCUT2D eigenvalue weighted by Gasteiger charge is 2.32. The number of hydrogen-bond donors (Lipinski definition) is 0. The van der Waals surface area contributed by atoms with Crippen LogP contribution in [-0.2, 0) is 10.0 Å². The Morgan fingerprint density at radius 2 is 1.56 bits per heavy atom. The predicted molar refractivity (Wildman–Crippen MR) is 68.2 cm³/mol. The van der Waals surface area contributed by atoms with E-state index in [4.69, 9.17) is 0 Å². The van der Waals surface area contributed by atoms with Crippen molar-refractivity contribution in [1.82, 2.24) is 0 Å². The van der Waals surface area contributed by atoms with Crippen molar-refractivity contribution >= 4 is 16.2 Å². The molecule has 0 N–H and O–H groups in total. The summed E-state index contributed by atoms with van der Waals surface area (Å²) in [6.07, 6.45) is 1.53. The SMILES string of the molecule is CC(C)(C)C1=C(C(C)(C)C)CS(=O)(=O)N=C1. The summed E-state index contributed by atoms with van der Waals surface area (Å²) in [5.74, 6) is 0.0552.